The first-order valence-electron chi connectivity index (χ1n) is 4.28. The van der Waals surface area contributed by atoms with Gasteiger partial charge in [-0.3, -0.25) is 14.1 Å². The summed E-state index contributed by atoms with van der Waals surface area (Å²) in [5.74, 6) is -0.772. The lowest BCUT2D eigenvalue weighted by Crippen LogP contribution is -2.36. The number of nitrogens with zero attached hydrogens (tertiary/aromatic N) is 1. The molecular weight excluding hydrogens is 161 g/mol. The van der Waals surface area contributed by atoms with Gasteiger partial charge in [0.15, 0.2) is 0 Å². The van der Waals surface area contributed by atoms with E-state index in [1.54, 1.807) is 0 Å². The molecule has 0 aliphatic carbocycles. The van der Waals surface area contributed by atoms with Crippen molar-refractivity contribution < 1.29 is 14.3 Å². The van der Waals surface area contributed by atoms with Gasteiger partial charge in [0.1, 0.15) is 6.04 Å². The first-order chi connectivity index (χ1) is 5.75. The van der Waals surface area contributed by atoms with E-state index < -0.39 is 5.97 Å². The van der Waals surface area contributed by atoms with Crippen LogP contribution in [0.2, 0.25) is 0 Å². The number of likely N-dealkylation sites (tertiary alicyclic amines) is 1. The highest BCUT2D eigenvalue weighted by atomic mass is 19.1. The summed E-state index contributed by atoms with van der Waals surface area (Å²) in [4.78, 5) is 12.5. The zero-order valence-corrected chi connectivity index (χ0v) is 7.00. The predicted octanol–water partition coefficient (Wildman–Crippen LogP) is 0.895. The number of alkyl halides is 1. The largest absolute Gasteiger partial charge is 0.480 e. The number of hydrogen-bond acceptors (Lipinski definition) is 2. The maximum absolute atomic E-state index is 11.8. The number of aliphatic carboxylic acids is 1. The third kappa shape index (κ3) is 2.17. The van der Waals surface area contributed by atoms with Crippen molar-refractivity contribution in [3.8, 4) is 0 Å². The van der Waals surface area contributed by atoms with Crippen molar-refractivity contribution in [2.45, 2.75) is 25.3 Å². The fourth-order valence-corrected chi connectivity index (χ4v) is 1.64. The highest BCUT2D eigenvalue weighted by Gasteiger charge is 2.29. The van der Waals surface area contributed by atoms with Crippen LogP contribution >= 0.6 is 0 Å². The molecule has 0 radical (unpaired) electrons. The minimum atomic E-state index is -0.772. The standard InChI is InChI=1S/C8H14FNO2/c9-4-2-6-10-5-1-3-7(10)8(11)12/h7H,1-6H2,(H,11,12). The van der Waals surface area contributed by atoms with Crippen molar-refractivity contribution in [3.63, 3.8) is 0 Å². The molecule has 4 heteroatoms. The predicted molar refractivity (Wildman–Crippen MR) is 42.8 cm³/mol. The molecule has 0 aromatic carbocycles. The van der Waals surface area contributed by atoms with E-state index in [0.29, 0.717) is 19.4 Å². The van der Waals surface area contributed by atoms with Crippen LogP contribution in [0.4, 0.5) is 4.39 Å². The average molecular weight is 175 g/mol. The molecule has 0 saturated carbocycles. The summed E-state index contributed by atoms with van der Waals surface area (Å²) in [6.07, 6.45) is 2.08. The molecule has 1 N–H and O–H groups in total. The van der Waals surface area contributed by atoms with Crippen molar-refractivity contribution >= 4 is 5.97 Å². The molecule has 1 fully saturated rings. The van der Waals surface area contributed by atoms with Gasteiger partial charge in [-0.15, -0.1) is 0 Å². The fraction of sp³-hybridized carbons (Fsp3) is 0.875. The van der Waals surface area contributed by atoms with E-state index in [-0.39, 0.29) is 12.7 Å². The molecule has 1 atom stereocenters. The molecule has 1 unspecified atom stereocenters. The number of hydrogen-bond donors (Lipinski definition) is 1. The van der Waals surface area contributed by atoms with E-state index in [1.165, 1.54) is 0 Å². The lowest BCUT2D eigenvalue weighted by Gasteiger charge is -2.19. The molecule has 0 bridgehead atoms. The molecule has 1 heterocycles. The second kappa shape index (κ2) is 4.40. The first-order valence-corrected chi connectivity index (χ1v) is 4.28. The normalized spacial score (nSPS) is 24.6. The zero-order valence-electron chi connectivity index (χ0n) is 7.00. The maximum Gasteiger partial charge on any atom is 0.320 e. The van der Waals surface area contributed by atoms with Crippen molar-refractivity contribution in [2.75, 3.05) is 19.8 Å². The van der Waals surface area contributed by atoms with Gasteiger partial charge in [0.25, 0.3) is 0 Å². The van der Waals surface area contributed by atoms with Gasteiger partial charge in [-0.25, -0.2) is 0 Å². The molecule has 3 nitrogen and oxygen atoms in total. The van der Waals surface area contributed by atoms with Crippen LogP contribution in [0.15, 0.2) is 0 Å². The van der Waals surface area contributed by atoms with E-state index in [9.17, 15) is 9.18 Å². The van der Waals surface area contributed by atoms with E-state index in [1.807, 2.05) is 4.90 Å². The van der Waals surface area contributed by atoms with E-state index >= 15 is 0 Å². The van der Waals surface area contributed by atoms with Gasteiger partial charge in [-0.1, -0.05) is 0 Å². The molecule has 70 valence electrons. The lowest BCUT2D eigenvalue weighted by atomic mass is 10.2. The van der Waals surface area contributed by atoms with Gasteiger partial charge >= 0.3 is 5.97 Å². The zero-order chi connectivity index (χ0) is 8.97. The Kier molecular flexibility index (Phi) is 3.47. The molecule has 0 spiro atoms. The van der Waals surface area contributed by atoms with Crippen LogP contribution in [-0.2, 0) is 4.79 Å². The molecule has 1 rings (SSSR count). The lowest BCUT2D eigenvalue weighted by molar-refractivity contribution is -0.142. The Morgan fingerprint density at radius 3 is 3.00 bits per heavy atom. The van der Waals surface area contributed by atoms with Gasteiger partial charge in [0, 0.05) is 6.54 Å². The Labute approximate surface area is 71.2 Å². The van der Waals surface area contributed by atoms with Gasteiger partial charge in [-0.2, -0.15) is 0 Å². The number of halogens is 1. The third-order valence-corrected chi connectivity index (χ3v) is 2.23. The third-order valence-electron chi connectivity index (χ3n) is 2.23. The molecule has 0 aromatic rings. The average Bonchev–Trinajstić information content (AvgIpc) is 2.48. The van der Waals surface area contributed by atoms with Gasteiger partial charge in [-0.05, 0) is 25.8 Å². The van der Waals surface area contributed by atoms with E-state index in [4.69, 9.17) is 5.11 Å². The molecule has 1 aliphatic rings. The van der Waals surface area contributed by atoms with Crippen LogP contribution < -0.4 is 0 Å². The van der Waals surface area contributed by atoms with Crippen LogP contribution in [0, 0.1) is 0 Å². The fourth-order valence-electron chi connectivity index (χ4n) is 1.64. The highest BCUT2D eigenvalue weighted by Crippen LogP contribution is 2.17. The Hall–Kier alpha value is -0.640. The maximum atomic E-state index is 11.8. The Morgan fingerprint density at radius 2 is 2.42 bits per heavy atom. The van der Waals surface area contributed by atoms with E-state index in [2.05, 4.69) is 0 Å². The Bertz CT molecular complexity index is 163. The SMILES string of the molecule is O=C(O)C1CCCN1CCCF. The van der Waals surface area contributed by atoms with Crippen LogP contribution in [0.1, 0.15) is 19.3 Å². The molecule has 1 aliphatic heterocycles. The minimum Gasteiger partial charge on any atom is -0.480 e. The Morgan fingerprint density at radius 1 is 1.67 bits per heavy atom. The molecular formula is C8H14FNO2. The number of rotatable bonds is 4. The van der Waals surface area contributed by atoms with Crippen LogP contribution in [0.25, 0.3) is 0 Å². The van der Waals surface area contributed by atoms with Crippen molar-refractivity contribution in [1.29, 1.82) is 0 Å². The smallest absolute Gasteiger partial charge is 0.320 e. The first kappa shape index (κ1) is 9.45. The molecule has 0 aromatic heterocycles. The van der Waals surface area contributed by atoms with Crippen LogP contribution in [0.3, 0.4) is 0 Å². The number of carbonyl (C=O) groups is 1. The molecule has 0 amide bonds. The minimum absolute atomic E-state index is 0.358. The quantitative estimate of drug-likeness (QED) is 0.690. The van der Waals surface area contributed by atoms with Crippen molar-refractivity contribution in [1.82, 2.24) is 4.90 Å². The topological polar surface area (TPSA) is 40.5 Å². The van der Waals surface area contributed by atoms with E-state index in [0.717, 1.165) is 13.0 Å². The summed E-state index contributed by atoms with van der Waals surface area (Å²) >= 11 is 0. The summed E-state index contributed by atoms with van der Waals surface area (Å²) < 4.78 is 11.8. The summed E-state index contributed by atoms with van der Waals surface area (Å²) in [6.45, 7) is 1.02. The molecule has 12 heavy (non-hydrogen) atoms. The monoisotopic (exact) mass is 175 g/mol. The van der Waals surface area contributed by atoms with Crippen molar-refractivity contribution in [3.05, 3.63) is 0 Å². The van der Waals surface area contributed by atoms with Gasteiger partial charge in [0.05, 0.1) is 6.67 Å². The highest BCUT2D eigenvalue weighted by molar-refractivity contribution is 5.73. The van der Waals surface area contributed by atoms with Crippen molar-refractivity contribution in [2.24, 2.45) is 0 Å². The van der Waals surface area contributed by atoms with Gasteiger partial charge < -0.3 is 5.11 Å². The summed E-state index contributed by atoms with van der Waals surface area (Å²) in [5.41, 5.74) is 0. The second-order valence-electron chi connectivity index (χ2n) is 3.07. The summed E-state index contributed by atoms with van der Waals surface area (Å²) in [6, 6.07) is -0.364. The number of carboxylic acid groups (broad SMARTS) is 1. The van der Waals surface area contributed by atoms with Crippen LogP contribution in [0.5, 0.6) is 0 Å². The summed E-state index contributed by atoms with van der Waals surface area (Å²) in [5, 5.41) is 8.75. The number of carboxylic acids is 1. The Balaban J connectivity index is 2.35. The van der Waals surface area contributed by atoms with Crippen LogP contribution in [-0.4, -0.2) is 41.8 Å². The molecule has 1 saturated heterocycles. The van der Waals surface area contributed by atoms with Gasteiger partial charge in [0.2, 0.25) is 0 Å². The second-order valence-corrected chi connectivity index (χ2v) is 3.07. The summed E-state index contributed by atoms with van der Waals surface area (Å²) in [7, 11) is 0.